The van der Waals surface area contributed by atoms with Crippen molar-refractivity contribution in [3.8, 4) is 22.5 Å². The van der Waals surface area contributed by atoms with Crippen LogP contribution in [0.1, 0.15) is 22.5 Å². The third-order valence-electron chi connectivity index (χ3n) is 4.40. The van der Waals surface area contributed by atoms with E-state index in [4.69, 9.17) is 9.97 Å². The van der Waals surface area contributed by atoms with Crippen LogP contribution in [-0.2, 0) is 12.8 Å². The molecule has 0 aliphatic heterocycles. The second-order valence-corrected chi connectivity index (χ2v) is 7.60. The Kier molecular flexibility index (Phi) is 2.65. The maximum absolute atomic E-state index is 4.96. The van der Waals surface area contributed by atoms with Crippen molar-refractivity contribution in [3.05, 3.63) is 67.9 Å². The molecule has 0 bridgehead atoms. The lowest BCUT2D eigenvalue weighted by atomic mass is 10.1. The van der Waals surface area contributed by atoms with Gasteiger partial charge in [-0.1, -0.05) is 44.0 Å². The molecule has 1 aromatic heterocycles. The smallest absolute Gasteiger partial charge is 0.0927 e. The van der Waals surface area contributed by atoms with Gasteiger partial charge in [-0.25, -0.2) is 9.97 Å². The topological polar surface area (TPSA) is 25.8 Å². The molecule has 22 heavy (non-hydrogen) atoms. The molecule has 0 fully saturated rings. The normalized spacial score (nSPS) is 13.5. The van der Waals surface area contributed by atoms with E-state index in [1.807, 2.05) is 0 Å². The highest BCUT2D eigenvalue weighted by atomic mass is 79.9. The predicted molar refractivity (Wildman–Crippen MR) is 93.9 cm³/mol. The molecule has 0 spiro atoms. The van der Waals surface area contributed by atoms with Gasteiger partial charge in [-0.2, -0.15) is 0 Å². The molecule has 2 aliphatic rings. The Hall–Kier alpha value is -1.52. The standard InChI is InChI=1S/C18H10Br2N2/c19-11-1-3-13-9(5-11)7-15-17(13)21-16-8-10-6-12(20)2-4-14(10)18(16)22-15/h1-6H,7-8H2. The zero-order chi connectivity index (χ0) is 14.8. The van der Waals surface area contributed by atoms with Gasteiger partial charge in [-0.05, 0) is 35.4 Å². The maximum atomic E-state index is 4.96. The van der Waals surface area contributed by atoms with Gasteiger partial charge in [-0.15, -0.1) is 0 Å². The zero-order valence-electron chi connectivity index (χ0n) is 11.5. The lowest BCUT2D eigenvalue weighted by molar-refractivity contribution is 1.04. The van der Waals surface area contributed by atoms with E-state index in [0.717, 1.165) is 44.6 Å². The molecule has 5 rings (SSSR count). The van der Waals surface area contributed by atoms with Crippen molar-refractivity contribution in [2.45, 2.75) is 12.8 Å². The Morgan fingerprint density at radius 1 is 0.682 bits per heavy atom. The van der Waals surface area contributed by atoms with Gasteiger partial charge in [0.05, 0.1) is 22.8 Å². The average molecular weight is 414 g/mol. The van der Waals surface area contributed by atoms with Gasteiger partial charge >= 0.3 is 0 Å². The average Bonchev–Trinajstić information content (AvgIpc) is 3.00. The van der Waals surface area contributed by atoms with Gasteiger partial charge in [0.25, 0.3) is 0 Å². The van der Waals surface area contributed by atoms with E-state index in [9.17, 15) is 0 Å². The van der Waals surface area contributed by atoms with Crippen LogP contribution in [0.3, 0.4) is 0 Å². The molecule has 2 aliphatic carbocycles. The molecule has 0 radical (unpaired) electrons. The summed E-state index contributed by atoms with van der Waals surface area (Å²) in [6.45, 7) is 0. The van der Waals surface area contributed by atoms with Crippen LogP contribution < -0.4 is 0 Å². The van der Waals surface area contributed by atoms with Crippen LogP contribution in [0.2, 0.25) is 0 Å². The summed E-state index contributed by atoms with van der Waals surface area (Å²) in [4.78, 5) is 9.91. The minimum absolute atomic E-state index is 0.871. The van der Waals surface area contributed by atoms with E-state index in [2.05, 4.69) is 68.3 Å². The van der Waals surface area contributed by atoms with E-state index in [-0.39, 0.29) is 0 Å². The van der Waals surface area contributed by atoms with Gasteiger partial charge in [0.2, 0.25) is 0 Å². The molecule has 0 atom stereocenters. The summed E-state index contributed by atoms with van der Waals surface area (Å²) in [6.07, 6.45) is 1.74. The third kappa shape index (κ3) is 1.77. The fourth-order valence-corrected chi connectivity index (χ4v) is 4.24. The fourth-order valence-electron chi connectivity index (χ4n) is 3.42. The van der Waals surface area contributed by atoms with Gasteiger partial charge in [0.15, 0.2) is 0 Å². The number of rotatable bonds is 0. The van der Waals surface area contributed by atoms with Crippen LogP contribution in [-0.4, -0.2) is 9.97 Å². The first-order valence-electron chi connectivity index (χ1n) is 7.16. The van der Waals surface area contributed by atoms with Crippen molar-refractivity contribution >= 4 is 31.9 Å². The van der Waals surface area contributed by atoms with Crippen molar-refractivity contribution in [2.24, 2.45) is 0 Å². The quantitative estimate of drug-likeness (QED) is 0.351. The Morgan fingerprint density at radius 2 is 1.14 bits per heavy atom. The molecule has 4 heteroatoms. The van der Waals surface area contributed by atoms with Gasteiger partial charge in [0.1, 0.15) is 0 Å². The molecule has 3 aromatic rings. The number of fused-ring (bicyclic) bond motifs is 6. The first-order valence-corrected chi connectivity index (χ1v) is 8.75. The van der Waals surface area contributed by atoms with Crippen molar-refractivity contribution < 1.29 is 0 Å². The molecular weight excluding hydrogens is 404 g/mol. The largest absolute Gasteiger partial charge is 0.248 e. The number of aromatic nitrogens is 2. The minimum Gasteiger partial charge on any atom is -0.248 e. The van der Waals surface area contributed by atoms with Crippen molar-refractivity contribution in [1.82, 2.24) is 9.97 Å². The molecule has 0 saturated heterocycles. The van der Waals surface area contributed by atoms with Crippen LogP contribution in [0.5, 0.6) is 0 Å². The molecule has 106 valence electrons. The Balaban J connectivity index is 1.70. The highest BCUT2D eigenvalue weighted by Gasteiger charge is 2.28. The van der Waals surface area contributed by atoms with Crippen LogP contribution in [0, 0.1) is 0 Å². The summed E-state index contributed by atoms with van der Waals surface area (Å²) in [7, 11) is 0. The summed E-state index contributed by atoms with van der Waals surface area (Å²) in [5.41, 5.74) is 9.40. The van der Waals surface area contributed by atoms with Crippen molar-refractivity contribution in [3.63, 3.8) is 0 Å². The van der Waals surface area contributed by atoms with E-state index in [0.29, 0.717) is 0 Å². The first-order chi connectivity index (χ1) is 10.7. The SMILES string of the molecule is Brc1ccc2c(c1)Cc1nc3c(nc1-2)Cc1cc(Br)ccc1-3. The Morgan fingerprint density at radius 3 is 1.59 bits per heavy atom. The molecule has 2 nitrogen and oxygen atoms in total. The second-order valence-electron chi connectivity index (χ2n) is 5.77. The van der Waals surface area contributed by atoms with E-state index >= 15 is 0 Å². The van der Waals surface area contributed by atoms with Crippen LogP contribution in [0.4, 0.5) is 0 Å². The molecule has 1 heterocycles. The lowest BCUT2D eigenvalue weighted by Crippen LogP contribution is -1.96. The van der Waals surface area contributed by atoms with Gasteiger partial charge < -0.3 is 0 Å². The summed E-state index contributed by atoms with van der Waals surface area (Å²) in [6, 6.07) is 12.8. The van der Waals surface area contributed by atoms with Gasteiger partial charge in [0, 0.05) is 32.9 Å². The molecule has 0 amide bonds. The Bertz CT molecular complexity index is 884. The predicted octanol–water partition coefficient (Wildman–Crippen LogP) is 5.14. The highest BCUT2D eigenvalue weighted by Crippen LogP contribution is 2.41. The number of hydrogen-bond acceptors (Lipinski definition) is 2. The number of hydrogen-bond donors (Lipinski definition) is 0. The van der Waals surface area contributed by atoms with Crippen molar-refractivity contribution in [1.29, 1.82) is 0 Å². The fraction of sp³-hybridized carbons (Fsp3) is 0.111. The summed E-state index contributed by atoms with van der Waals surface area (Å²) in [5.74, 6) is 0. The Labute approximate surface area is 144 Å². The van der Waals surface area contributed by atoms with Crippen molar-refractivity contribution in [2.75, 3.05) is 0 Å². The molecule has 0 N–H and O–H groups in total. The van der Waals surface area contributed by atoms with Gasteiger partial charge in [-0.3, -0.25) is 0 Å². The van der Waals surface area contributed by atoms with Crippen LogP contribution in [0.25, 0.3) is 22.5 Å². The summed E-state index contributed by atoms with van der Waals surface area (Å²) >= 11 is 7.09. The molecule has 0 saturated carbocycles. The van der Waals surface area contributed by atoms with E-state index < -0.39 is 0 Å². The van der Waals surface area contributed by atoms with Crippen LogP contribution in [0.15, 0.2) is 45.3 Å². The molecule has 0 unspecified atom stereocenters. The maximum Gasteiger partial charge on any atom is 0.0927 e. The third-order valence-corrected chi connectivity index (χ3v) is 5.39. The minimum atomic E-state index is 0.871. The summed E-state index contributed by atoms with van der Waals surface area (Å²) < 4.78 is 2.23. The zero-order valence-corrected chi connectivity index (χ0v) is 14.7. The van der Waals surface area contributed by atoms with Crippen LogP contribution >= 0.6 is 31.9 Å². The van der Waals surface area contributed by atoms with E-state index in [1.165, 1.54) is 22.3 Å². The first kappa shape index (κ1) is 13.0. The number of nitrogens with zero attached hydrogens (tertiary/aromatic N) is 2. The molecule has 2 aromatic carbocycles. The molecular formula is C18H10Br2N2. The number of halogens is 2. The number of benzene rings is 2. The summed E-state index contributed by atoms with van der Waals surface area (Å²) in [5, 5.41) is 0. The monoisotopic (exact) mass is 412 g/mol. The lowest BCUT2D eigenvalue weighted by Gasteiger charge is -2.04. The van der Waals surface area contributed by atoms with E-state index in [1.54, 1.807) is 0 Å². The highest BCUT2D eigenvalue weighted by molar-refractivity contribution is 9.10. The second kappa shape index (κ2) is 4.49.